The molecule has 0 saturated carbocycles. The van der Waals surface area contributed by atoms with Crippen molar-refractivity contribution in [1.29, 1.82) is 0 Å². The van der Waals surface area contributed by atoms with Crippen LogP contribution in [-0.4, -0.2) is 39.0 Å². The van der Waals surface area contributed by atoms with Crippen molar-refractivity contribution in [3.63, 3.8) is 0 Å². The summed E-state index contributed by atoms with van der Waals surface area (Å²) in [6.07, 6.45) is 3.72. The SMILES string of the molecule is O=C(O)C1CCCCN1C(=O)Cn1ccc(=O)c2ccccc21. The molecule has 1 aliphatic rings. The Bertz CT molecular complexity index is 812. The molecule has 6 heteroatoms. The Kier molecular flexibility index (Phi) is 4.14. The van der Waals surface area contributed by atoms with Crippen molar-refractivity contribution in [2.75, 3.05) is 6.54 Å². The Morgan fingerprint density at radius 1 is 1.17 bits per heavy atom. The summed E-state index contributed by atoms with van der Waals surface area (Å²) in [5.74, 6) is -1.19. The minimum Gasteiger partial charge on any atom is -0.480 e. The molecule has 1 fully saturated rings. The van der Waals surface area contributed by atoms with Crippen molar-refractivity contribution in [2.24, 2.45) is 0 Å². The maximum absolute atomic E-state index is 12.6. The van der Waals surface area contributed by atoms with Gasteiger partial charge < -0.3 is 14.6 Å². The van der Waals surface area contributed by atoms with Gasteiger partial charge in [-0.1, -0.05) is 12.1 Å². The maximum Gasteiger partial charge on any atom is 0.326 e. The quantitative estimate of drug-likeness (QED) is 0.930. The lowest BCUT2D eigenvalue weighted by Gasteiger charge is -2.33. The molecule has 0 aliphatic carbocycles. The average Bonchev–Trinajstić information content (AvgIpc) is 2.57. The van der Waals surface area contributed by atoms with Gasteiger partial charge in [0.2, 0.25) is 5.91 Å². The number of para-hydroxylation sites is 1. The summed E-state index contributed by atoms with van der Waals surface area (Å²) in [6, 6.07) is 7.78. The van der Waals surface area contributed by atoms with Crippen LogP contribution in [-0.2, 0) is 16.1 Å². The van der Waals surface area contributed by atoms with Crippen molar-refractivity contribution >= 4 is 22.8 Å². The summed E-state index contributed by atoms with van der Waals surface area (Å²) < 4.78 is 1.70. The number of fused-ring (bicyclic) bond motifs is 1. The van der Waals surface area contributed by atoms with Crippen LogP contribution in [0.3, 0.4) is 0 Å². The minimum atomic E-state index is -0.956. The smallest absolute Gasteiger partial charge is 0.326 e. The summed E-state index contributed by atoms with van der Waals surface area (Å²) in [5, 5.41) is 9.84. The van der Waals surface area contributed by atoms with Crippen molar-refractivity contribution in [2.45, 2.75) is 31.8 Å². The van der Waals surface area contributed by atoms with Crippen molar-refractivity contribution in [3.05, 3.63) is 46.8 Å². The van der Waals surface area contributed by atoms with E-state index in [9.17, 15) is 19.5 Å². The number of piperidine rings is 1. The number of hydrogen-bond donors (Lipinski definition) is 1. The summed E-state index contributed by atoms with van der Waals surface area (Å²) in [7, 11) is 0. The fourth-order valence-corrected chi connectivity index (χ4v) is 3.12. The molecule has 2 aromatic rings. The first-order valence-corrected chi connectivity index (χ1v) is 7.68. The molecule has 1 aliphatic heterocycles. The normalized spacial score (nSPS) is 18.1. The van der Waals surface area contributed by atoms with E-state index in [4.69, 9.17) is 0 Å². The van der Waals surface area contributed by atoms with E-state index >= 15 is 0 Å². The van der Waals surface area contributed by atoms with E-state index in [2.05, 4.69) is 0 Å². The number of carbonyl (C=O) groups excluding carboxylic acids is 1. The third kappa shape index (κ3) is 2.97. The van der Waals surface area contributed by atoms with Crippen molar-refractivity contribution in [3.8, 4) is 0 Å². The van der Waals surface area contributed by atoms with Crippen LogP contribution in [0.5, 0.6) is 0 Å². The molecule has 120 valence electrons. The molecule has 1 unspecified atom stereocenters. The highest BCUT2D eigenvalue weighted by molar-refractivity contribution is 5.85. The van der Waals surface area contributed by atoms with E-state index in [0.717, 1.165) is 12.8 Å². The van der Waals surface area contributed by atoms with Gasteiger partial charge in [-0.05, 0) is 31.4 Å². The number of benzene rings is 1. The molecule has 1 aromatic carbocycles. The number of pyridine rings is 1. The summed E-state index contributed by atoms with van der Waals surface area (Å²) in [5.41, 5.74) is 0.586. The van der Waals surface area contributed by atoms with E-state index in [1.807, 2.05) is 6.07 Å². The van der Waals surface area contributed by atoms with E-state index in [1.54, 1.807) is 29.0 Å². The largest absolute Gasteiger partial charge is 0.480 e. The van der Waals surface area contributed by atoms with Gasteiger partial charge in [0.25, 0.3) is 0 Å². The minimum absolute atomic E-state index is 0.0323. The molecule has 3 rings (SSSR count). The number of aromatic nitrogens is 1. The second-order valence-corrected chi connectivity index (χ2v) is 5.76. The van der Waals surface area contributed by atoms with Gasteiger partial charge in [0.1, 0.15) is 12.6 Å². The summed E-state index contributed by atoms with van der Waals surface area (Å²) >= 11 is 0. The van der Waals surface area contributed by atoms with E-state index < -0.39 is 12.0 Å². The average molecular weight is 314 g/mol. The highest BCUT2D eigenvalue weighted by Crippen LogP contribution is 2.18. The topological polar surface area (TPSA) is 79.6 Å². The molecule has 1 amide bonds. The zero-order chi connectivity index (χ0) is 16.4. The van der Waals surface area contributed by atoms with E-state index in [-0.39, 0.29) is 17.9 Å². The highest BCUT2D eigenvalue weighted by Gasteiger charge is 2.31. The van der Waals surface area contributed by atoms with E-state index in [0.29, 0.717) is 23.9 Å². The standard InChI is InChI=1S/C17H18N2O4/c20-15-8-10-18(13-6-2-1-5-12(13)15)11-16(21)19-9-4-3-7-14(19)17(22)23/h1-2,5-6,8,10,14H,3-4,7,9,11H2,(H,22,23). The number of carboxylic acids is 1. The molecule has 1 atom stereocenters. The number of hydrogen-bond acceptors (Lipinski definition) is 3. The van der Waals surface area contributed by atoms with Crippen molar-refractivity contribution < 1.29 is 14.7 Å². The van der Waals surface area contributed by atoms with Crippen LogP contribution < -0.4 is 5.43 Å². The predicted molar refractivity (Wildman–Crippen MR) is 85.2 cm³/mol. The van der Waals surface area contributed by atoms with Gasteiger partial charge >= 0.3 is 5.97 Å². The Morgan fingerprint density at radius 3 is 2.74 bits per heavy atom. The number of nitrogens with zero attached hydrogens (tertiary/aromatic N) is 2. The van der Waals surface area contributed by atoms with Crippen molar-refractivity contribution in [1.82, 2.24) is 9.47 Å². The fourth-order valence-electron chi connectivity index (χ4n) is 3.12. The van der Waals surface area contributed by atoms with Gasteiger partial charge in [-0.15, -0.1) is 0 Å². The maximum atomic E-state index is 12.6. The lowest BCUT2D eigenvalue weighted by molar-refractivity contribution is -0.152. The Balaban J connectivity index is 1.90. The number of carbonyl (C=O) groups is 2. The predicted octanol–water partition coefficient (Wildman–Crippen LogP) is 1.47. The number of amides is 1. The first-order chi connectivity index (χ1) is 11.1. The third-order valence-electron chi connectivity index (χ3n) is 4.30. The molecule has 1 aromatic heterocycles. The number of aliphatic carboxylic acids is 1. The van der Waals surface area contributed by atoms with Crippen LogP contribution in [0.15, 0.2) is 41.3 Å². The zero-order valence-electron chi connectivity index (χ0n) is 12.6. The number of likely N-dealkylation sites (tertiary alicyclic amines) is 1. The van der Waals surface area contributed by atoms with Gasteiger partial charge in [-0.25, -0.2) is 4.79 Å². The molecule has 0 bridgehead atoms. The first-order valence-electron chi connectivity index (χ1n) is 7.68. The second-order valence-electron chi connectivity index (χ2n) is 5.76. The van der Waals surface area contributed by atoms with Crippen LogP contribution in [0, 0.1) is 0 Å². The highest BCUT2D eigenvalue weighted by atomic mass is 16.4. The van der Waals surface area contributed by atoms with Gasteiger partial charge in [0.15, 0.2) is 5.43 Å². The van der Waals surface area contributed by atoms with Crippen LogP contribution in [0.1, 0.15) is 19.3 Å². The zero-order valence-corrected chi connectivity index (χ0v) is 12.6. The summed E-state index contributed by atoms with van der Waals surface area (Å²) in [6.45, 7) is 0.499. The summed E-state index contributed by atoms with van der Waals surface area (Å²) in [4.78, 5) is 37.2. The Morgan fingerprint density at radius 2 is 1.96 bits per heavy atom. The first kappa shape index (κ1) is 15.3. The Labute approximate surface area is 132 Å². The molecule has 1 saturated heterocycles. The van der Waals surface area contributed by atoms with Crippen LogP contribution >= 0.6 is 0 Å². The molecule has 23 heavy (non-hydrogen) atoms. The van der Waals surface area contributed by atoms with Crippen LogP contribution in [0.25, 0.3) is 10.9 Å². The van der Waals surface area contributed by atoms with Crippen LogP contribution in [0.2, 0.25) is 0 Å². The number of rotatable bonds is 3. The van der Waals surface area contributed by atoms with Gasteiger partial charge in [-0.2, -0.15) is 0 Å². The second kappa shape index (κ2) is 6.24. The fraction of sp³-hybridized carbons (Fsp3) is 0.353. The van der Waals surface area contributed by atoms with Gasteiger partial charge in [-0.3, -0.25) is 9.59 Å². The lowest BCUT2D eigenvalue weighted by atomic mass is 10.0. The van der Waals surface area contributed by atoms with Gasteiger partial charge in [0, 0.05) is 24.2 Å². The lowest BCUT2D eigenvalue weighted by Crippen LogP contribution is -2.49. The molecular formula is C17H18N2O4. The molecule has 1 N–H and O–H groups in total. The van der Waals surface area contributed by atoms with E-state index in [1.165, 1.54) is 11.0 Å². The molecule has 2 heterocycles. The molecule has 6 nitrogen and oxygen atoms in total. The third-order valence-corrected chi connectivity index (χ3v) is 4.30. The molecule has 0 spiro atoms. The molecular weight excluding hydrogens is 296 g/mol. The monoisotopic (exact) mass is 314 g/mol. The van der Waals surface area contributed by atoms with Gasteiger partial charge in [0.05, 0.1) is 5.52 Å². The Hall–Kier alpha value is -2.63. The molecule has 0 radical (unpaired) electrons. The van der Waals surface area contributed by atoms with Crippen LogP contribution in [0.4, 0.5) is 0 Å². The number of carboxylic acid groups (broad SMARTS) is 1.